The quantitative estimate of drug-likeness (QED) is 0.612. The zero-order valence-electron chi connectivity index (χ0n) is 14.5. The van der Waals surface area contributed by atoms with E-state index < -0.39 is 12.0 Å². The largest absolute Gasteiger partial charge is 0.465 e. The van der Waals surface area contributed by atoms with E-state index in [2.05, 4.69) is 4.74 Å². The van der Waals surface area contributed by atoms with Gasteiger partial charge < -0.3 is 10.5 Å². The summed E-state index contributed by atoms with van der Waals surface area (Å²) in [5.41, 5.74) is 6.12. The molecule has 0 aliphatic carbocycles. The Kier molecular flexibility index (Phi) is 5.03. The van der Waals surface area contributed by atoms with Gasteiger partial charge in [0.25, 0.3) is 5.91 Å². The predicted octanol–water partition coefficient (Wildman–Crippen LogP) is 0.302. The molecule has 2 saturated heterocycles. The number of methoxy groups -OCH3 is 1. The fourth-order valence-electron chi connectivity index (χ4n) is 3.53. The minimum absolute atomic E-state index is 0.110. The van der Waals surface area contributed by atoms with E-state index in [1.807, 2.05) is 4.90 Å². The highest BCUT2D eigenvalue weighted by molar-refractivity contribution is 6.22. The topological polar surface area (TPSA) is 110 Å². The van der Waals surface area contributed by atoms with Gasteiger partial charge in [-0.05, 0) is 50.2 Å². The van der Waals surface area contributed by atoms with Crippen molar-refractivity contribution in [3.05, 3.63) is 29.8 Å². The standard InChI is InChI=1S/C18H21N3O5/c1-26-18(25)12-2-4-13(5-3-12)21-15(22)10-14(17(21)24)20-8-6-11(7-9-20)16(19)23/h2-5,11,14H,6-10H2,1H3,(H2,19,23)/t14-/m1/s1. The van der Waals surface area contributed by atoms with Crippen LogP contribution in [-0.4, -0.2) is 54.8 Å². The normalized spacial score (nSPS) is 21.9. The first-order valence-electron chi connectivity index (χ1n) is 8.51. The lowest BCUT2D eigenvalue weighted by atomic mass is 9.95. The number of nitrogens with zero attached hydrogens (tertiary/aromatic N) is 2. The number of esters is 1. The van der Waals surface area contributed by atoms with Crippen LogP contribution in [0.2, 0.25) is 0 Å². The minimum atomic E-state index is -0.517. The molecule has 138 valence electrons. The van der Waals surface area contributed by atoms with Crippen LogP contribution in [-0.2, 0) is 19.1 Å². The molecule has 3 amide bonds. The second-order valence-electron chi connectivity index (χ2n) is 6.54. The van der Waals surface area contributed by atoms with Crippen LogP contribution in [0.25, 0.3) is 0 Å². The summed E-state index contributed by atoms with van der Waals surface area (Å²) < 4.78 is 4.64. The van der Waals surface area contributed by atoms with E-state index in [4.69, 9.17) is 5.73 Å². The van der Waals surface area contributed by atoms with Crippen molar-refractivity contribution in [1.82, 2.24) is 4.90 Å². The van der Waals surface area contributed by atoms with Gasteiger partial charge in [-0.3, -0.25) is 19.3 Å². The molecule has 0 radical (unpaired) electrons. The van der Waals surface area contributed by atoms with Gasteiger partial charge in [0.2, 0.25) is 11.8 Å². The zero-order valence-corrected chi connectivity index (χ0v) is 14.5. The first kappa shape index (κ1) is 18.1. The Balaban J connectivity index is 1.71. The lowest BCUT2D eigenvalue weighted by Gasteiger charge is -2.33. The molecule has 2 fully saturated rings. The van der Waals surface area contributed by atoms with Gasteiger partial charge in [-0.2, -0.15) is 0 Å². The van der Waals surface area contributed by atoms with Crippen molar-refractivity contribution in [3.8, 4) is 0 Å². The minimum Gasteiger partial charge on any atom is -0.465 e. The smallest absolute Gasteiger partial charge is 0.337 e. The van der Waals surface area contributed by atoms with Crippen LogP contribution in [0.4, 0.5) is 5.69 Å². The number of likely N-dealkylation sites (tertiary alicyclic amines) is 1. The summed E-state index contributed by atoms with van der Waals surface area (Å²) in [7, 11) is 1.29. The van der Waals surface area contributed by atoms with Crippen molar-refractivity contribution in [2.24, 2.45) is 11.7 Å². The maximum absolute atomic E-state index is 12.8. The monoisotopic (exact) mass is 359 g/mol. The molecular weight excluding hydrogens is 338 g/mol. The van der Waals surface area contributed by atoms with E-state index in [0.717, 1.165) is 4.90 Å². The molecule has 1 atom stereocenters. The van der Waals surface area contributed by atoms with Crippen LogP contribution in [0.15, 0.2) is 24.3 Å². The van der Waals surface area contributed by atoms with Gasteiger partial charge in [0, 0.05) is 5.92 Å². The van der Waals surface area contributed by atoms with Crippen molar-refractivity contribution in [3.63, 3.8) is 0 Å². The molecular formula is C18H21N3O5. The Morgan fingerprint density at radius 1 is 1.12 bits per heavy atom. The van der Waals surface area contributed by atoms with E-state index >= 15 is 0 Å². The Morgan fingerprint density at radius 3 is 2.27 bits per heavy atom. The number of nitrogens with two attached hydrogens (primary N) is 1. The van der Waals surface area contributed by atoms with Gasteiger partial charge in [-0.1, -0.05) is 0 Å². The summed E-state index contributed by atoms with van der Waals surface area (Å²) in [6, 6.07) is 5.64. The maximum atomic E-state index is 12.8. The highest BCUT2D eigenvalue weighted by Gasteiger charge is 2.43. The number of benzene rings is 1. The molecule has 2 heterocycles. The fraction of sp³-hybridized carbons (Fsp3) is 0.444. The molecule has 26 heavy (non-hydrogen) atoms. The number of hydrogen-bond acceptors (Lipinski definition) is 6. The van der Waals surface area contributed by atoms with Crippen LogP contribution in [0, 0.1) is 5.92 Å². The summed E-state index contributed by atoms with van der Waals surface area (Å²) in [6.45, 7) is 1.12. The number of primary amides is 1. The molecule has 8 heteroatoms. The van der Waals surface area contributed by atoms with Crippen molar-refractivity contribution < 1.29 is 23.9 Å². The van der Waals surface area contributed by atoms with E-state index in [0.29, 0.717) is 37.2 Å². The first-order valence-corrected chi connectivity index (χ1v) is 8.51. The fourth-order valence-corrected chi connectivity index (χ4v) is 3.53. The van der Waals surface area contributed by atoms with Gasteiger partial charge in [0.15, 0.2) is 0 Å². The van der Waals surface area contributed by atoms with E-state index in [1.54, 1.807) is 12.1 Å². The maximum Gasteiger partial charge on any atom is 0.337 e. The summed E-state index contributed by atoms with van der Waals surface area (Å²) in [5, 5.41) is 0. The molecule has 2 aliphatic heterocycles. The molecule has 2 aliphatic rings. The van der Waals surface area contributed by atoms with Crippen LogP contribution < -0.4 is 10.6 Å². The second-order valence-corrected chi connectivity index (χ2v) is 6.54. The van der Waals surface area contributed by atoms with Crippen LogP contribution in [0.1, 0.15) is 29.6 Å². The van der Waals surface area contributed by atoms with Crippen LogP contribution in [0.5, 0.6) is 0 Å². The number of carbonyl (C=O) groups is 4. The van der Waals surface area contributed by atoms with E-state index in [9.17, 15) is 19.2 Å². The predicted molar refractivity (Wildman–Crippen MR) is 92.2 cm³/mol. The molecule has 0 unspecified atom stereocenters. The number of ether oxygens (including phenoxy) is 1. The molecule has 8 nitrogen and oxygen atoms in total. The van der Waals surface area contributed by atoms with E-state index in [-0.39, 0.29) is 30.1 Å². The SMILES string of the molecule is COC(=O)c1ccc(N2C(=O)C[C@@H](N3CCC(C(N)=O)CC3)C2=O)cc1. The third kappa shape index (κ3) is 3.32. The molecule has 1 aromatic rings. The highest BCUT2D eigenvalue weighted by atomic mass is 16.5. The Labute approximate surface area is 150 Å². The average molecular weight is 359 g/mol. The number of carbonyl (C=O) groups excluding carboxylic acids is 4. The summed E-state index contributed by atoms with van der Waals surface area (Å²) in [4.78, 5) is 51.1. The van der Waals surface area contributed by atoms with Crippen LogP contribution >= 0.6 is 0 Å². The van der Waals surface area contributed by atoms with Crippen molar-refractivity contribution >= 4 is 29.4 Å². The summed E-state index contributed by atoms with van der Waals surface area (Å²) in [6.07, 6.45) is 1.31. The highest BCUT2D eigenvalue weighted by Crippen LogP contribution is 2.28. The second kappa shape index (κ2) is 7.25. The number of rotatable bonds is 4. The summed E-state index contributed by atoms with van der Waals surface area (Å²) in [5.74, 6) is -1.52. The van der Waals surface area contributed by atoms with Gasteiger partial charge in [-0.15, -0.1) is 0 Å². The van der Waals surface area contributed by atoms with Gasteiger partial charge in [0.1, 0.15) is 0 Å². The molecule has 0 aromatic heterocycles. The lowest BCUT2D eigenvalue weighted by molar-refractivity contribution is -0.124. The Hall–Kier alpha value is -2.74. The Bertz CT molecular complexity index is 738. The van der Waals surface area contributed by atoms with Crippen molar-refractivity contribution in [2.75, 3.05) is 25.1 Å². The lowest BCUT2D eigenvalue weighted by Crippen LogP contribution is -2.47. The number of piperidine rings is 1. The molecule has 0 saturated carbocycles. The molecule has 1 aromatic carbocycles. The zero-order chi connectivity index (χ0) is 18.8. The molecule has 0 spiro atoms. The summed E-state index contributed by atoms with van der Waals surface area (Å²) >= 11 is 0. The average Bonchev–Trinajstić information content (AvgIpc) is 2.95. The van der Waals surface area contributed by atoms with Gasteiger partial charge >= 0.3 is 5.97 Å². The molecule has 3 rings (SSSR count). The molecule has 0 bridgehead atoms. The number of anilines is 1. The first-order chi connectivity index (χ1) is 12.4. The number of amides is 3. The molecule has 2 N–H and O–H groups in total. The Morgan fingerprint density at radius 2 is 1.73 bits per heavy atom. The third-order valence-corrected chi connectivity index (χ3v) is 5.04. The van der Waals surface area contributed by atoms with Crippen LogP contribution in [0.3, 0.4) is 0 Å². The van der Waals surface area contributed by atoms with Crippen molar-refractivity contribution in [2.45, 2.75) is 25.3 Å². The third-order valence-electron chi connectivity index (χ3n) is 5.04. The van der Waals surface area contributed by atoms with Gasteiger partial charge in [0.05, 0.1) is 30.8 Å². The van der Waals surface area contributed by atoms with E-state index in [1.165, 1.54) is 19.2 Å². The number of imide groups is 1. The number of hydrogen-bond donors (Lipinski definition) is 1. The van der Waals surface area contributed by atoms with Gasteiger partial charge in [-0.25, -0.2) is 9.69 Å². The van der Waals surface area contributed by atoms with Crippen molar-refractivity contribution in [1.29, 1.82) is 0 Å².